The van der Waals surface area contributed by atoms with E-state index in [4.69, 9.17) is 11.6 Å². The van der Waals surface area contributed by atoms with Crippen LogP contribution in [0.5, 0.6) is 0 Å². The first-order valence-corrected chi connectivity index (χ1v) is 8.02. The van der Waals surface area contributed by atoms with Crippen LogP contribution in [0.25, 0.3) is 0 Å². The zero-order chi connectivity index (χ0) is 15.1. The molecule has 0 saturated carbocycles. The largest absolute Gasteiger partial charge is 0.316 e. The molecule has 0 fully saturated rings. The molecule has 4 rings (SSSR count). The van der Waals surface area contributed by atoms with E-state index in [2.05, 4.69) is 11.4 Å². The molecule has 1 amide bonds. The molecule has 0 aliphatic carbocycles. The molecule has 0 spiro atoms. The zero-order valence-electron chi connectivity index (χ0n) is 12.6. The number of amides is 1. The monoisotopic (exact) mass is 348 g/mol. The molecule has 120 valence electrons. The van der Waals surface area contributed by atoms with Gasteiger partial charge in [0.1, 0.15) is 0 Å². The highest BCUT2D eigenvalue weighted by molar-refractivity contribution is 6.34. The Morgan fingerprint density at radius 1 is 1.17 bits per heavy atom. The van der Waals surface area contributed by atoms with Crippen LogP contribution >= 0.6 is 24.0 Å². The molecule has 0 saturated heterocycles. The highest BCUT2D eigenvalue weighted by Crippen LogP contribution is 2.44. The topological polar surface area (TPSA) is 32.3 Å². The highest BCUT2D eigenvalue weighted by atomic mass is 35.5. The summed E-state index contributed by atoms with van der Waals surface area (Å²) in [5, 5.41) is 4.14. The van der Waals surface area contributed by atoms with Gasteiger partial charge in [0, 0.05) is 24.6 Å². The first kappa shape index (κ1) is 16.3. The van der Waals surface area contributed by atoms with E-state index < -0.39 is 0 Å². The Morgan fingerprint density at radius 3 is 2.74 bits per heavy atom. The predicted octanol–water partition coefficient (Wildman–Crippen LogP) is 3.65. The average Bonchev–Trinajstić information content (AvgIpc) is 2.82. The number of hydrogen-bond donors (Lipinski definition) is 1. The molecule has 3 nitrogen and oxygen atoms in total. The van der Waals surface area contributed by atoms with E-state index in [0.29, 0.717) is 23.0 Å². The van der Waals surface area contributed by atoms with Gasteiger partial charge >= 0.3 is 0 Å². The summed E-state index contributed by atoms with van der Waals surface area (Å²) in [6, 6.07) is 13.5. The number of nitrogens with zero attached hydrogens (tertiary/aromatic N) is 1. The van der Waals surface area contributed by atoms with Crippen LogP contribution in [-0.4, -0.2) is 25.5 Å². The Balaban J connectivity index is 0.00000156. The number of anilines is 1. The van der Waals surface area contributed by atoms with Gasteiger partial charge in [-0.1, -0.05) is 35.9 Å². The van der Waals surface area contributed by atoms with Crippen LogP contribution in [0.4, 0.5) is 5.69 Å². The molecular weight excluding hydrogens is 331 g/mol. The van der Waals surface area contributed by atoms with Crippen molar-refractivity contribution in [3.05, 3.63) is 64.2 Å². The van der Waals surface area contributed by atoms with Gasteiger partial charge in [0.25, 0.3) is 5.91 Å². The normalized spacial score (nSPS) is 18.8. The highest BCUT2D eigenvalue weighted by Gasteiger charge is 2.36. The van der Waals surface area contributed by atoms with Crippen molar-refractivity contribution in [1.82, 2.24) is 5.32 Å². The predicted molar refractivity (Wildman–Crippen MR) is 96.1 cm³/mol. The lowest BCUT2D eigenvalue weighted by molar-refractivity contribution is 0.0988. The number of carbonyl (C=O) groups excluding carboxylic acids is 1. The van der Waals surface area contributed by atoms with Gasteiger partial charge < -0.3 is 10.2 Å². The van der Waals surface area contributed by atoms with Crippen molar-refractivity contribution in [3.63, 3.8) is 0 Å². The Hall–Kier alpha value is -1.55. The van der Waals surface area contributed by atoms with Crippen molar-refractivity contribution in [1.29, 1.82) is 0 Å². The van der Waals surface area contributed by atoms with Gasteiger partial charge in [-0.2, -0.15) is 0 Å². The Morgan fingerprint density at radius 2 is 1.96 bits per heavy atom. The number of benzene rings is 2. The minimum Gasteiger partial charge on any atom is -0.316 e. The van der Waals surface area contributed by atoms with Crippen molar-refractivity contribution in [2.45, 2.75) is 12.3 Å². The fraction of sp³-hybridized carbons (Fsp3) is 0.278. The number of rotatable bonds is 1. The average molecular weight is 349 g/mol. The fourth-order valence-corrected chi connectivity index (χ4v) is 3.83. The molecule has 5 heteroatoms. The maximum absolute atomic E-state index is 12.9. The summed E-state index contributed by atoms with van der Waals surface area (Å²) in [6.07, 6.45) is 0.989. The third kappa shape index (κ3) is 2.74. The van der Waals surface area contributed by atoms with Crippen molar-refractivity contribution < 1.29 is 4.79 Å². The van der Waals surface area contributed by atoms with Crippen LogP contribution < -0.4 is 10.2 Å². The van der Waals surface area contributed by atoms with Gasteiger partial charge in [-0.15, -0.1) is 12.4 Å². The third-order valence-electron chi connectivity index (χ3n) is 4.57. The van der Waals surface area contributed by atoms with Gasteiger partial charge in [-0.25, -0.2) is 0 Å². The Bertz CT molecular complexity index is 733. The lowest BCUT2D eigenvalue weighted by atomic mass is 9.95. The molecule has 1 unspecified atom stereocenters. The number of hydrogen-bond acceptors (Lipinski definition) is 2. The summed E-state index contributed by atoms with van der Waals surface area (Å²) in [5.41, 5.74) is 4.21. The van der Waals surface area contributed by atoms with Crippen LogP contribution in [-0.2, 0) is 6.42 Å². The third-order valence-corrected chi connectivity index (χ3v) is 4.87. The van der Waals surface area contributed by atoms with E-state index in [1.807, 2.05) is 41.3 Å². The van der Waals surface area contributed by atoms with Crippen molar-refractivity contribution in [3.8, 4) is 0 Å². The quantitative estimate of drug-likeness (QED) is 0.852. The summed E-state index contributed by atoms with van der Waals surface area (Å²) in [5.74, 6) is 0.364. The smallest absolute Gasteiger partial charge is 0.258 e. The molecule has 2 aromatic rings. The molecule has 1 atom stereocenters. The van der Waals surface area contributed by atoms with Crippen molar-refractivity contribution in [2.75, 3.05) is 24.5 Å². The van der Waals surface area contributed by atoms with Crippen LogP contribution in [0.2, 0.25) is 5.02 Å². The Labute approximate surface area is 147 Å². The number of halogens is 2. The summed E-state index contributed by atoms with van der Waals surface area (Å²) in [4.78, 5) is 14.7. The van der Waals surface area contributed by atoms with E-state index in [1.54, 1.807) is 0 Å². The summed E-state index contributed by atoms with van der Waals surface area (Å²) in [6.45, 7) is 2.59. The van der Waals surface area contributed by atoms with E-state index >= 15 is 0 Å². The van der Waals surface area contributed by atoms with Gasteiger partial charge in [0.05, 0.1) is 10.7 Å². The summed E-state index contributed by atoms with van der Waals surface area (Å²) >= 11 is 6.45. The van der Waals surface area contributed by atoms with E-state index in [1.165, 1.54) is 11.1 Å². The van der Waals surface area contributed by atoms with E-state index in [0.717, 1.165) is 25.2 Å². The first-order valence-electron chi connectivity index (χ1n) is 7.64. The zero-order valence-corrected chi connectivity index (χ0v) is 14.2. The first-order chi connectivity index (χ1) is 10.8. The molecule has 0 radical (unpaired) electrons. The molecule has 2 aromatic carbocycles. The minimum atomic E-state index is 0. The fourth-order valence-electron chi connectivity index (χ4n) is 3.56. The molecule has 2 heterocycles. The second-order valence-corrected chi connectivity index (χ2v) is 6.31. The van der Waals surface area contributed by atoms with Crippen LogP contribution in [0.1, 0.15) is 27.4 Å². The van der Waals surface area contributed by atoms with Gasteiger partial charge in [0.15, 0.2) is 0 Å². The maximum atomic E-state index is 12.9. The number of nitrogens with one attached hydrogen (secondary N) is 1. The van der Waals surface area contributed by atoms with Crippen LogP contribution in [0, 0.1) is 0 Å². The molecule has 2 aliphatic rings. The molecule has 1 N–H and O–H groups in total. The lowest BCUT2D eigenvalue weighted by Gasteiger charge is -2.20. The molecule has 23 heavy (non-hydrogen) atoms. The molecular formula is C18H18Cl2N2O. The van der Waals surface area contributed by atoms with Crippen molar-refractivity contribution in [2.24, 2.45) is 0 Å². The summed E-state index contributed by atoms with van der Waals surface area (Å²) < 4.78 is 0. The SMILES string of the molecule is Cl.O=C(c1ccccc1)N1CC2CNCCc3ccc(Cl)c1c32. The van der Waals surface area contributed by atoms with Crippen LogP contribution in [0.3, 0.4) is 0 Å². The van der Waals surface area contributed by atoms with Gasteiger partial charge in [0.2, 0.25) is 0 Å². The second-order valence-electron chi connectivity index (χ2n) is 5.90. The second kappa shape index (κ2) is 6.52. The number of carbonyl (C=O) groups is 1. The van der Waals surface area contributed by atoms with Gasteiger partial charge in [-0.3, -0.25) is 4.79 Å². The van der Waals surface area contributed by atoms with E-state index in [9.17, 15) is 4.79 Å². The molecule has 0 bridgehead atoms. The molecule has 2 aliphatic heterocycles. The van der Waals surface area contributed by atoms with Crippen LogP contribution in [0.15, 0.2) is 42.5 Å². The van der Waals surface area contributed by atoms with Gasteiger partial charge in [-0.05, 0) is 42.3 Å². The Kier molecular flexibility index (Phi) is 4.62. The standard InChI is InChI=1S/C18H17ClN2O.ClH/c19-15-7-6-12-8-9-20-10-14-11-21(17(15)16(12)14)18(22)13-4-2-1-3-5-13;/h1-7,14,20H,8-11H2;1H. The van der Waals surface area contributed by atoms with E-state index in [-0.39, 0.29) is 18.3 Å². The van der Waals surface area contributed by atoms with Crippen molar-refractivity contribution >= 4 is 35.6 Å². The molecule has 0 aromatic heterocycles. The summed E-state index contributed by atoms with van der Waals surface area (Å²) in [7, 11) is 0. The maximum Gasteiger partial charge on any atom is 0.258 e. The lowest BCUT2D eigenvalue weighted by Crippen LogP contribution is -2.32. The minimum absolute atomic E-state index is 0.